The highest BCUT2D eigenvalue weighted by atomic mass is 32.2. The van der Waals surface area contributed by atoms with Gasteiger partial charge in [0.15, 0.2) is 9.84 Å². The molecular weight excluding hydrogens is 554 g/mol. The number of aliphatic carboxylic acids is 1. The van der Waals surface area contributed by atoms with Crippen LogP contribution < -0.4 is 10.6 Å². The third-order valence-electron chi connectivity index (χ3n) is 8.47. The van der Waals surface area contributed by atoms with Crippen LogP contribution in [0, 0.1) is 11.8 Å². The summed E-state index contributed by atoms with van der Waals surface area (Å²) in [5.74, 6) is 0.177. The second-order valence-electron chi connectivity index (χ2n) is 11.4. The van der Waals surface area contributed by atoms with Crippen LogP contribution in [0.4, 0.5) is 10.5 Å². The summed E-state index contributed by atoms with van der Waals surface area (Å²) < 4.78 is 24.1. The fourth-order valence-corrected chi connectivity index (χ4v) is 6.87. The van der Waals surface area contributed by atoms with Gasteiger partial charge in [0.2, 0.25) is 0 Å². The molecule has 0 atom stereocenters. The first-order valence-corrected chi connectivity index (χ1v) is 16.5. The molecule has 0 radical (unpaired) electrons. The van der Waals surface area contributed by atoms with Crippen LogP contribution in [0.1, 0.15) is 87.6 Å². The van der Waals surface area contributed by atoms with Gasteiger partial charge in [-0.2, -0.15) is 0 Å². The lowest BCUT2D eigenvalue weighted by Gasteiger charge is -2.40. The molecule has 4 rings (SSSR count). The van der Waals surface area contributed by atoms with E-state index in [4.69, 9.17) is 5.11 Å². The van der Waals surface area contributed by atoms with Crippen LogP contribution in [0.15, 0.2) is 53.4 Å². The van der Waals surface area contributed by atoms with Gasteiger partial charge in [-0.1, -0.05) is 57.7 Å². The van der Waals surface area contributed by atoms with E-state index in [1.54, 1.807) is 24.3 Å². The van der Waals surface area contributed by atoms with Crippen molar-refractivity contribution in [1.29, 1.82) is 0 Å². The minimum Gasteiger partial charge on any atom is -0.481 e. The average Bonchev–Trinajstić information content (AvgIpc) is 2.96. The Balaban J connectivity index is 0.00000484. The second kappa shape index (κ2) is 15.2. The van der Waals surface area contributed by atoms with E-state index >= 15 is 0 Å². The summed E-state index contributed by atoms with van der Waals surface area (Å²) in [7, 11) is -3.42. The van der Waals surface area contributed by atoms with E-state index in [0.29, 0.717) is 23.7 Å². The number of carbonyl (C=O) groups excluding carboxylic acids is 2. The van der Waals surface area contributed by atoms with E-state index in [2.05, 4.69) is 10.6 Å². The highest BCUT2D eigenvalue weighted by Gasteiger charge is 2.33. The lowest BCUT2D eigenvalue weighted by Crippen LogP contribution is -2.44. The zero-order valence-electron chi connectivity index (χ0n) is 23.7. The van der Waals surface area contributed by atoms with Crippen LogP contribution in [0.2, 0.25) is 0 Å². The van der Waals surface area contributed by atoms with Crippen LogP contribution in [-0.4, -0.2) is 55.2 Å². The zero-order chi connectivity index (χ0) is 29.4. The predicted molar refractivity (Wildman–Crippen MR) is 164 cm³/mol. The van der Waals surface area contributed by atoms with Gasteiger partial charge in [0.05, 0.1) is 11.3 Å². The van der Waals surface area contributed by atoms with E-state index in [1.165, 1.54) is 44.2 Å². The lowest BCUT2D eigenvalue weighted by molar-refractivity contribution is -0.136. The number of nitrogens with zero attached hydrogens (tertiary/aromatic N) is 1. The Morgan fingerprint density at radius 2 is 1.55 bits per heavy atom. The Hall–Kier alpha value is -3.40. The number of hydrogen-bond acceptors (Lipinski definition) is 5. The Labute approximate surface area is 250 Å². The minimum atomic E-state index is -3.42. The van der Waals surface area contributed by atoms with Gasteiger partial charge >= 0.3 is 12.0 Å². The van der Waals surface area contributed by atoms with Gasteiger partial charge in [0.25, 0.3) is 5.91 Å². The van der Waals surface area contributed by atoms with E-state index in [-0.39, 0.29) is 43.3 Å². The lowest BCUT2D eigenvalue weighted by atomic mass is 9.72. The number of nitrogens with one attached hydrogen (secondary N) is 2. The highest BCUT2D eigenvalue weighted by molar-refractivity contribution is 7.90. The molecule has 0 spiro atoms. The van der Waals surface area contributed by atoms with Crippen LogP contribution in [-0.2, 0) is 21.2 Å². The van der Waals surface area contributed by atoms with Crippen molar-refractivity contribution in [2.24, 2.45) is 11.8 Å². The molecule has 0 heterocycles. The van der Waals surface area contributed by atoms with Crippen LogP contribution in [0.5, 0.6) is 0 Å². The molecule has 2 aliphatic carbocycles. The summed E-state index contributed by atoms with van der Waals surface area (Å²) in [5.41, 5.74) is 1.70. The molecule has 0 saturated heterocycles. The first-order valence-electron chi connectivity index (χ1n) is 14.6. The average molecular weight is 600 g/mol. The number of sulfone groups is 1. The Bertz CT molecular complexity index is 1310. The molecule has 2 fully saturated rings. The van der Waals surface area contributed by atoms with Crippen molar-refractivity contribution in [2.45, 2.75) is 89.1 Å². The minimum absolute atomic E-state index is 0. The van der Waals surface area contributed by atoms with Gasteiger partial charge in [-0.25, -0.2) is 13.2 Å². The molecule has 3 N–H and O–H groups in total. The summed E-state index contributed by atoms with van der Waals surface area (Å²) >= 11 is 0. The summed E-state index contributed by atoms with van der Waals surface area (Å²) in [6.07, 6.45) is 11.6. The van der Waals surface area contributed by atoms with Crippen molar-refractivity contribution in [2.75, 3.05) is 18.1 Å². The molecular formula is C32H45N3O6S. The summed E-state index contributed by atoms with van der Waals surface area (Å²) in [6, 6.07) is 13.0. The molecule has 9 nitrogen and oxygen atoms in total. The number of benzene rings is 2. The molecule has 42 heavy (non-hydrogen) atoms. The third kappa shape index (κ3) is 9.31. The number of hydrogen-bond donors (Lipinski definition) is 3. The van der Waals surface area contributed by atoms with Crippen molar-refractivity contribution in [3.63, 3.8) is 0 Å². The van der Waals surface area contributed by atoms with Crippen LogP contribution in [0.25, 0.3) is 0 Å². The van der Waals surface area contributed by atoms with Crippen molar-refractivity contribution in [3.8, 4) is 0 Å². The number of anilines is 1. The molecule has 2 aromatic carbocycles. The van der Waals surface area contributed by atoms with Crippen molar-refractivity contribution in [1.82, 2.24) is 10.2 Å². The molecule has 0 bridgehead atoms. The Morgan fingerprint density at radius 3 is 2.17 bits per heavy atom. The monoisotopic (exact) mass is 599 g/mol. The number of carboxylic acid groups (broad SMARTS) is 1. The first-order chi connectivity index (χ1) is 19.6. The molecule has 2 saturated carbocycles. The number of carboxylic acids is 1. The molecule has 10 heteroatoms. The normalized spacial score (nSPS) is 19.3. The molecule has 0 aliphatic heterocycles. The standard InChI is InChI=1S/C31H41N3O6S.CH4/c1-41(39,40)28-9-5-8-26(20-28)33-31(38)34(27-16-14-24(15-17-27)23-6-3-2-4-7-23)21-22-10-12-25(13-11-22)30(37)32-19-18-29(35)36;/h5,8-13,20,23-24,27H,2-4,6-7,14-19,21H2,1H3,(H,32,37)(H,33,38)(H,35,36);1H4. The maximum Gasteiger partial charge on any atom is 0.322 e. The van der Waals surface area contributed by atoms with Gasteiger partial charge in [-0.05, 0) is 73.4 Å². The number of urea groups is 1. The van der Waals surface area contributed by atoms with Crippen molar-refractivity contribution < 1.29 is 27.9 Å². The zero-order valence-corrected chi connectivity index (χ0v) is 24.5. The quantitative estimate of drug-likeness (QED) is 0.302. The smallest absolute Gasteiger partial charge is 0.322 e. The number of carbonyl (C=O) groups is 3. The van der Waals surface area contributed by atoms with Crippen molar-refractivity contribution >= 4 is 33.4 Å². The van der Waals surface area contributed by atoms with Gasteiger partial charge < -0.3 is 20.6 Å². The van der Waals surface area contributed by atoms with Gasteiger partial charge in [0.1, 0.15) is 0 Å². The topological polar surface area (TPSA) is 133 Å². The summed E-state index contributed by atoms with van der Waals surface area (Å²) in [5, 5.41) is 14.3. The fourth-order valence-electron chi connectivity index (χ4n) is 6.20. The largest absolute Gasteiger partial charge is 0.481 e. The van der Waals surface area contributed by atoms with Crippen molar-refractivity contribution in [3.05, 3.63) is 59.7 Å². The second-order valence-corrected chi connectivity index (χ2v) is 13.4. The summed E-state index contributed by atoms with van der Waals surface area (Å²) in [6.45, 7) is 0.394. The molecule has 0 unspecified atom stereocenters. The van der Waals surface area contributed by atoms with Gasteiger partial charge in [-0.15, -0.1) is 0 Å². The third-order valence-corrected chi connectivity index (χ3v) is 9.58. The molecule has 0 aromatic heterocycles. The molecule has 230 valence electrons. The van der Waals surface area contributed by atoms with E-state index < -0.39 is 15.8 Å². The fraction of sp³-hybridized carbons (Fsp3) is 0.531. The van der Waals surface area contributed by atoms with E-state index in [9.17, 15) is 22.8 Å². The first kappa shape index (κ1) is 33.1. The number of rotatable bonds is 10. The SMILES string of the molecule is C.CS(=O)(=O)c1cccc(NC(=O)N(Cc2ccc(C(=O)NCCC(=O)O)cc2)C2CCC(C3CCCCC3)CC2)c1. The summed E-state index contributed by atoms with van der Waals surface area (Å²) in [4.78, 5) is 38.7. The van der Waals surface area contributed by atoms with Gasteiger partial charge in [-0.3, -0.25) is 9.59 Å². The molecule has 3 amide bonds. The highest BCUT2D eigenvalue weighted by Crippen LogP contribution is 2.39. The predicted octanol–water partition coefficient (Wildman–Crippen LogP) is 6.10. The van der Waals surface area contributed by atoms with E-state index in [1.807, 2.05) is 17.0 Å². The Kier molecular flexibility index (Phi) is 12.0. The maximum absolute atomic E-state index is 13.7. The molecule has 2 aliphatic rings. The van der Waals surface area contributed by atoms with Gasteiger partial charge in [0, 0.05) is 36.6 Å². The van der Waals surface area contributed by atoms with E-state index in [0.717, 1.165) is 43.4 Å². The van der Waals surface area contributed by atoms with Crippen LogP contribution in [0.3, 0.4) is 0 Å². The van der Waals surface area contributed by atoms with Crippen LogP contribution >= 0.6 is 0 Å². The Morgan fingerprint density at radius 1 is 0.905 bits per heavy atom. The number of amides is 3. The maximum atomic E-state index is 13.7. The molecule has 2 aromatic rings.